The van der Waals surface area contributed by atoms with Crippen molar-refractivity contribution in [3.63, 3.8) is 0 Å². The molecule has 4 nitrogen and oxygen atoms in total. The van der Waals surface area contributed by atoms with E-state index in [0.29, 0.717) is 32.7 Å². The Morgan fingerprint density at radius 1 is 1.25 bits per heavy atom. The molecule has 0 bridgehead atoms. The van der Waals surface area contributed by atoms with E-state index in [4.69, 9.17) is 9.47 Å². The van der Waals surface area contributed by atoms with Gasteiger partial charge in [-0.15, -0.1) is 0 Å². The number of amides is 1. The van der Waals surface area contributed by atoms with Gasteiger partial charge in [0.2, 0.25) is 0 Å². The van der Waals surface area contributed by atoms with Crippen LogP contribution in [0.5, 0.6) is 5.75 Å². The molecule has 0 spiro atoms. The second-order valence-corrected chi connectivity index (χ2v) is 4.95. The molecule has 0 aliphatic carbocycles. The normalized spacial score (nSPS) is 16.8. The van der Waals surface area contributed by atoms with Gasteiger partial charge in [0.25, 0.3) is 5.91 Å². The second-order valence-electron chi connectivity index (χ2n) is 4.95. The van der Waals surface area contributed by atoms with Crippen LogP contribution in [0.1, 0.15) is 25.8 Å². The van der Waals surface area contributed by atoms with E-state index < -0.39 is 6.10 Å². The Bertz CT molecular complexity index is 424. The highest BCUT2D eigenvalue weighted by Gasteiger charge is 2.25. The lowest BCUT2D eigenvalue weighted by molar-refractivity contribution is -0.142. The first-order valence-corrected chi connectivity index (χ1v) is 7.36. The van der Waals surface area contributed by atoms with Gasteiger partial charge < -0.3 is 14.4 Å². The van der Waals surface area contributed by atoms with Gasteiger partial charge >= 0.3 is 0 Å². The van der Waals surface area contributed by atoms with Crippen LogP contribution in [0.15, 0.2) is 24.3 Å². The first kappa shape index (κ1) is 14.9. The van der Waals surface area contributed by atoms with Crippen molar-refractivity contribution in [3.05, 3.63) is 29.8 Å². The van der Waals surface area contributed by atoms with Crippen molar-refractivity contribution < 1.29 is 14.3 Å². The fourth-order valence-corrected chi connectivity index (χ4v) is 2.26. The zero-order valence-corrected chi connectivity index (χ0v) is 12.3. The quantitative estimate of drug-likeness (QED) is 0.828. The molecule has 4 heteroatoms. The molecule has 1 heterocycles. The van der Waals surface area contributed by atoms with Gasteiger partial charge in [-0.25, -0.2) is 0 Å². The summed E-state index contributed by atoms with van der Waals surface area (Å²) in [5.74, 6) is 0.825. The molecule has 1 aromatic rings. The Morgan fingerprint density at radius 3 is 2.45 bits per heavy atom. The highest BCUT2D eigenvalue weighted by atomic mass is 16.5. The van der Waals surface area contributed by atoms with E-state index in [-0.39, 0.29) is 5.91 Å². The minimum Gasteiger partial charge on any atom is -0.481 e. The number of aryl methyl sites for hydroxylation is 1. The Labute approximate surface area is 120 Å². The zero-order chi connectivity index (χ0) is 14.4. The summed E-state index contributed by atoms with van der Waals surface area (Å²) < 4.78 is 11.1. The molecule has 1 fully saturated rings. The van der Waals surface area contributed by atoms with Crippen LogP contribution in [0.25, 0.3) is 0 Å². The number of benzene rings is 1. The smallest absolute Gasteiger partial charge is 0.263 e. The molecule has 1 aliphatic heterocycles. The number of rotatable bonds is 5. The Balaban J connectivity index is 1.97. The van der Waals surface area contributed by atoms with Gasteiger partial charge in [0.05, 0.1) is 13.2 Å². The van der Waals surface area contributed by atoms with Crippen LogP contribution in [0.2, 0.25) is 0 Å². The average Bonchev–Trinajstić information content (AvgIpc) is 2.53. The largest absolute Gasteiger partial charge is 0.481 e. The standard InChI is InChI=1S/C16H23NO3/c1-3-13-5-7-14(8-6-13)20-15(4-2)16(18)17-9-11-19-12-10-17/h5-8,15H,3-4,9-12H2,1-2H3. The lowest BCUT2D eigenvalue weighted by Gasteiger charge is -2.30. The third kappa shape index (κ3) is 3.73. The molecule has 1 amide bonds. The first-order valence-electron chi connectivity index (χ1n) is 7.36. The van der Waals surface area contributed by atoms with E-state index >= 15 is 0 Å². The number of nitrogens with zero attached hydrogens (tertiary/aromatic N) is 1. The number of hydrogen-bond acceptors (Lipinski definition) is 3. The Hall–Kier alpha value is -1.55. The maximum Gasteiger partial charge on any atom is 0.263 e. The van der Waals surface area contributed by atoms with Gasteiger partial charge in [-0.3, -0.25) is 4.79 Å². The van der Waals surface area contributed by atoms with Crippen LogP contribution in [-0.2, 0) is 16.0 Å². The van der Waals surface area contributed by atoms with E-state index in [1.54, 1.807) is 0 Å². The van der Waals surface area contributed by atoms with E-state index in [2.05, 4.69) is 6.92 Å². The van der Waals surface area contributed by atoms with Crippen molar-refractivity contribution in [3.8, 4) is 5.75 Å². The molecule has 0 saturated carbocycles. The van der Waals surface area contributed by atoms with Gasteiger partial charge in [-0.05, 0) is 30.5 Å². The van der Waals surface area contributed by atoms with Crippen LogP contribution in [0, 0.1) is 0 Å². The van der Waals surface area contributed by atoms with Gasteiger partial charge in [-0.1, -0.05) is 26.0 Å². The minimum absolute atomic E-state index is 0.0652. The molecule has 1 aliphatic rings. The summed E-state index contributed by atoms with van der Waals surface area (Å²) in [4.78, 5) is 14.2. The molecular formula is C16H23NO3. The van der Waals surface area contributed by atoms with Gasteiger partial charge in [0.15, 0.2) is 6.10 Å². The predicted octanol–water partition coefficient (Wildman–Crippen LogP) is 2.27. The van der Waals surface area contributed by atoms with Gasteiger partial charge in [-0.2, -0.15) is 0 Å². The van der Waals surface area contributed by atoms with Crippen LogP contribution in [0.4, 0.5) is 0 Å². The summed E-state index contributed by atoms with van der Waals surface area (Å²) in [6.45, 7) is 6.65. The lowest BCUT2D eigenvalue weighted by atomic mass is 10.1. The van der Waals surface area contributed by atoms with Gasteiger partial charge in [0.1, 0.15) is 5.75 Å². The number of hydrogen-bond donors (Lipinski definition) is 0. The summed E-state index contributed by atoms with van der Waals surface area (Å²) in [5, 5.41) is 0. The van der Waals surface area contributed by atoms with Crippen LogP contribution < -0.4 is 4.74 Å². The molecule has 20 heavy (non-hydrogen) atoms. The average molecular weight is 277 g/mol. The maximum absolute atomic E-state index is 12.4. The van der Waals surface area contributed by atoms with E-state index in [1.165, 1.54) is 5.56 Å². The molecular weight excluding hydrogens is 254 g/mol. The number of carbonyl (C=O) groups excluding carboxylic acids is 1. The molecule has 0 radical (unpaired) electrons. The molecule has 110 valence electrons. The first-order chi connectivity index (χ1) is 9.74. The zero-order valence-electron chi connectivity index (χ0n) is 12.3. The summed E-state index contributed by atoms with van der Waals surface area (Å²) in [5.41, 5.74) is 1.27. The molecule has 0 aromatic heterocycles. The molecule has 1 atom stereocenters. The fourth-order valence-electron chi connectivity index (χ4n) is 2.26. The van der Waals surface area contributed by atoms with E-state index in [9.17, 15) is 4.79 Å². The Kier molecular flexibility index (Phi) is 5.41. The lowest BCUT2D eigenvalue weighted by Crippen LogP contribution is -2.47. The van der Waals surface area contributed by atoms with Crippen molar-refractivity contribution in [1.29, 1.82) is 0 Å². The molecule has 1 aromatic carbocycles. The molecule has 1 saturated heterocycles. The predicted molar refractivity (Wildman–Crippen MR) is 77.9 cm³/mol. The third-order valence-corrected chi connectivity index (χ3v) is 3.58. The van der Waals surface area contributed by atoms with Crippen molar-refractivity contribution in [2.24, 2.45) is 0 Å². The van der Waals surface area contributed by atoms with Gasteiger partial charge in [0, 0.05) is 13.1 Å². The Morgan fingerprint density at radius 2 is 1.90 bits per heavy atom. The third-order valence-electron chi connectivity index (χ3n) is 3.58. The monoisotopic (exact) mass is 277 g/mol. The SMILES string of the molecule is CCc1ccc(OC(CC)C(=O)N2CCOCC2)cc1. The van der Waals surface area contributed by atoms with Crippen molar-refractivity contribution in [2.75, 3.05) is 26.3 Å². The highest BCUT2D eigenvalue weighted by Crippen LogP contribution is 2.17. The summed E-state index contributed by atoms with van der Waals surface area (Å²) in [6, 6.07) is 7.96. The van der Waals surface area contributed by atoms with Crippen molar-refractivity contribution in [2.45, 2.75) is 32.8 Å². The summed E-state index contributed by atoms with van der Waals surface area (Å²) in [7, 11) is 0. The van der Waals surface area contributed by atoms with Crippen molar-refractivity contribution in [1.82, 2.24) is 4.90 Å². The van der Waals surface area contributed by atoms with Crippen LogP contribution >= 0.6 is 0 Å². The summed E-state index contributed by atoms with van der Waals surface area (Å²) >= 11 is 0. The number of carbonyl (C=O) groups is 1. The summed E-state index contributed by atoms with van der Waals surface area (Å²) in [6.07, 6.45) is 1.27. The van der Waals surface area contributed by atoms with Crippen LogP contribution in [-0.4, -0.2) is 43.2 Å². The fraction of sp³-hybridized carbons (Fsp3) is 0.562. The number of ether oxygens (including phenoxy) is 2. The maximum atomic E-state index is 12.4. The van der Waals surface area contributed by atoms with E-state index in [1.807, 2.05) is 36.1 Å². The number of morpholine rings is 1. The topological polar surface area (TPSA) is 38.8 Å². The second kappa shape index (κ2) is 7.29. The van der Waals surface area contributed by atoms with Crippen LogP contribution in [0.3, 0.4) is 0 Å². The van der Waals surface area contributed by atoms with E-state index in [0.717, 1.165) is 12.2 Å². The molecule has 2 rings (SSSR count). The highest BCUT2D eigenvalue weighted by molar-refractivity contribution is 5.81. The molecule has 0 N–H and O–H groups in total. The molecule has 1 unspecified atom stereocenters. The van der Waals surface area contributed by atoms with Crippen molar-refractivity contribution >= 4 is 5.91 Å². The minimum atomic E-state index is -0.402.